The van der Waals surface area contributed by atoms with Crippen LogP contribution >= 0.6 is 0 Å². The summed E-state index contributed by atoms with van der Waals surface area (Å²) in [6.07, 6.45) is 1.72. The van der Waals surface area contributed by atoms with E-state index in [9.17, 15) is 4.79 Å². The van der Waals surface area contributed by atoms with Crippen LogP contribution in [0, 0.1) is 0 Å². The minimum Gasteiger partial charge on any atom is -0.321 e. The number of aryl methyl sites for hydroxylation is 1. The lowest BCUT2D eigenvalue weighted by Crippen LogP contribution is -2.12. The first kappa shape index (κ1) is 14.6. The summed E-state index contributed by atoms with van der Waals surface area (Å²) in [5, 5.41) is 15.1. The fraction of sp³-hybridized carbons (Fsp3) is 0.0588. The summed E-state index contributed by atoms with van der Waals surface area (Å²) in [4.78, 5) is 12.0. The molecule has 114 valence electrons. The number of rotatable bonds is 4. The Labute approximate surface area is 133 Å². The number of azo groups is 1. The largest absolute Gasteiger partial charge is 0.321 e. The first-order valence-electron chi connectivity index (χ1n) is 7.08. The molecule has 23 heavy (non-hydrogen) atoms. The number of hydrogen-bond acceptors (Lipinski definition) is 4. The van der Waals surface area contributed by atoms with Gasteiger partial charge < -0.3 is 5.32 Å². The minimum absolute atomic E-state index is 0.246. The molecular weight excluding hydrogens is 290 g/mol. The summed E-state index contributed by atoms with van der Waals surface area (Å²) in [5.74, 6) is -0.246. The first-order valence-corrected chi connectivity index (χ1v) is 7.08. The van der Waals surface area contributed by atoms with Crippen molar-refractivity contribution in [3.05, 3.63) is 72.6 Å². The Morgan fingerprint density at radius 3 is 2.22 bits per heavy atom. The summed E-state index contributed by atoms with van der Waals surface area (Å²) in [6, 6.07) is 18.3. The van der Waals surface area contributed by atoms with Crippen LogP contribution < -0.4 is 5.32 Å². The molecule has 0 fully saturated rings. The predicted octanol–water partition coefficient (Wildman–Crippen LogP) is 4.09. The van der Waals surface area contributed by atoms with Gasteiger partial charge in [0.2, 0.25) is 0 Å². The molecule has 0 saturated heterocycles. The van der Waals surface area contributed by atoms with E-state index in [2.05, 4.69) is 20.6 Å². The minimum atomic E-state index is -0.246. The maximum absolute atomic E-state index is 12.0. The van der Waals surface area contributed by atoms with Crippen LogP contribution in [-0.4, -0.2) is 15.7 Å². The fourth-order valence-electron chi connectivity index (χ4n) is 1.95. The predicted molar refractivity (Wildman–Crippen MR) is 88.2 cm³/mol. The lowest BCUT2D eigenvalue weighted by atomic mass is 10.3. The van der Waals surface area contributed by atoms with E-state index < -0.39 is 0 Å². The average molecular weight is 305 g/mol. The van der Waals surface area contributed by atoms with Gasteiger partial charge in [0.1, 0.15) is 0 Å². The number of benzene rings is 2. The van der Waals surface area contributed by atoms with Gasteiger partial charge in [-0.05, 0) is 42.5 Å². The van der Waals surface area contributed by atoms with Crippen LogP contribution in [0.3, 0.4) is 0 Å². The molecule has 1 heterocycles. The highest BCUT2D eigenvalue weighted by Crippen LogP contribution is 2.20. The van der Waals surface area contributed by atoms with Crippen molar-refractivity contribution in [1.29, 1.82) is 0 Å². The Bertz CT molecular complexity index is 822. The van der Waals surface area contributed by atoms with Gasteiger partial charge in [-0.25, -0.2) is 0 Å². The first-order chi connectivity index (χ1) is 11.2. The number of carbonyl (C=O) groups excluding carboxylic acids is 1. The maximum atomic E-state index is 12.0. The monoisotopic (exact) mass is 305 g/mol. The van der Waals surface area contributed by atoms with Gasteiger partial charge in [-0.1, -0.05) is 18.2 Å². The van der Waals surface area contributed by atoms with Crippen molar-refractivity contribution >= 4 is 23.0 Å². The summed E-state index contributed by atoms with van der Waals surface area (Å²) in [5.41, 5.74) is 2.56. The number of amides is 1. The van der Waals surface area contributed by atoms with E-state index in [0.717, 1.165) is 5.69 Å². The Hall–Kier alpha value is -3.28. The highest BCUT2D eigenvalue weighted by molar-refractivity contribution is 6.02. The smallest absolute Gasteiger partial charge is 0.276 e. The van der Waals surface area contributed by atoms with Crippen molar-refractivity contribution in [2.45, 2.75) is 0 Å². The van der Waals surface area contributed by atoms with E-state index in [4.69, 9.17) is 0 Å². The van der Waals surface area contributed by atoms with E-state index in [1.165, 1.54) is 0 Å². The van der Waals surface area contributed by atoms with E-state index in [0.29, 0.717) is 17.1 Å². The second-order valence-corrected chi connectivity index (χ2v) is 4.91. The van der Waals surface area contributed by atoms with Crippen molar-refractivity contribution in [1.82, 2.24) is 9.78 Å². The van der Waals surface area contributed by atoms with Gasteiger partial charge in [0.05, 0.1) is 11.4 Å². The van der Waals surface area contributed by atoms with Gasteiger partial charge >= 0.3 is 0 Å². The van der Waals surface area contributed by atoms with Crippen LogP contribution in [0.25, 0.3) is 0 Å². The number of nitrogens with zero attached hydrogens (tertiary/aromatic N) is 4. The lowest BCUT2D eigenvalue weighted by molar-refractivity contribution is 0.102. The van der Waals surface area contributed by atoms with Crippen LogP contribution in [-0.2, 0) is 7.05 Å². The molecule has 1 N–H and O–H groups in total. The van der Waals surface area contributed by atoms with Crippen LogP contribution in [0.15, 0.2) is 77.1 Å². The van der Waals surface area contributed by atoms with E-state index in [1.807, 2.05) is 30.3 Å². The molecule has 0 aliphatic carbocycles. The standard InChI is InChI=1S/C17H15N5O/c1-22-12-11-16(21-22)17(23)18-13-7-9-15(10-8-13)20-19-14-5-3-2-4-6-14/h2-12H,1H3,(H,18,23). The van der Waals surface area contributed by atoms with Gasteiger partial charge in [0, 0.05) is 18.9 Å². The molecule has 6 nitrogen and oxygen atoms in total. The number of nitrogens with one attached hydrogen (secondary N) is 1. The van der Waals surface area contributed by atoms with Gasteiger partial charge in [-0.15, -0.1) is 0 Å². The molecule has 0 atom stereocenters. The third kappa shape index (κ3) is 3.88. The molecule has 1 aromatic heterocycles. The molecular formula is C17H15N5O. The molecule has 3 aromatic rings. The van der Waals surface area contributed by atoms with Gasteiger partial charge in [-0.2, -0.15) is 15.3 Å². The molecule has 0 aliphatic rings. The summed E-state index contributed by atoms with van der Waals surface area (Å²) < 4.78 is 1.59. The topological polar surface area (TPSA) is 71.6 Å². The van der Waals surface area contributed by atoms with Crippen LogP contribution in [0.1, 0.15) is 10.5 Å². The molecule has 0 radical (unpaired) electrons. The van der Waals surface area contributed by atoms with Gasteiger partial charge in [-0.3, -0.25) is 9.48 Å². The number of hydrogen-bond donors (Lipinski definition) is 1. The average Bonchev–Trinajstić information content (AvgIpc) is 3.02. The SMILES string of the molecule is Cn1ccc(C(=O)Nc2ccc(N=Nc3ccccc3)cc2)n1. The Balaban J connectivity index is 1.65. The molecule has 0 bridgehead atoms. The Morgan fingerprint density at radius 2 is 1.61 bits per heavy atom. The zero-order valence-electron chi connectivity index (χ0n) is 12.5. The normalized spacial score (nSPS) is 10.8. The summed E-state index contributed by atoms with van der Waals surface area (Å²) in [6.45, 7) is 0. The van der Waals surface area contributed by atoms with Crippen molar-refractivity contribution in [2.24, 2.45) is 17.3 Å². The Kier molecular flexibility index (Phi) is 4.24. The van der Waals surface area contributed by atoms with Crippen molar-refractivity contribution < 1.29 is 4.79 Å². The van der Waals surface area contributed by atoms with Crippen molar-refractivity contribution in [3.8, 4) is 0 Å². The Morgan fingerprint density at radius 1 is 0.957 bits per heavy atom. The second kappa shape index (κ2) is 6.65. The number of aromatic nitrogens is 2. The zero-order valence-corrected chi connectivity index (χ0v) is 12.5. The number of anilines is 1. The van der Waals surface area contributed by atoms with Gasteiger partial charge in [0.15, 0.2) is 5.69 Å². The highest BCUT2D eigenvalue weighted by Gasteiger charge is 2.08. The van der Waals surface area contributed by atoms with E-state index in [-0.39, 0.29) is 5.91 Å². The molecule has 2 aromatic carbocycles. The summed E-state index contributed by atoms with van der Waals surface area (Å²) >= 11 is 0. The molecule has 0 unspecified atom stereocenters. The van der Waals surface area contributed by atoms with Gasteiger partial charge in [0.25, 0.3) is 5.91 Å². The maximum Gasteiger partial charge on any atom is 0.276 e. The van der Waals surface area contributed by atoms with E-state index in [1.54, 1.807) is 48.3 Å². The fourth-order valence-corrected chi connectivity index (χ4v) is 1.95. The summed E-state index contributed by atoms with van der Waals surface area (Å²) in [7, 11) is 1.77. The molecule has 1 amide bonds. The molecule has 6 heteroatoms. The van der Waals surface area contributed by atoms with Crippen LogP contribution in [0.5, 0.6) is 0 Å². The third-order valence-electron chi connectivity index (χ3n) is 3.11. The molecule has 0 spiro atoms. The molecule has 0 saturated carbocycles. The van der Waals surface area contributed by atoms with E-state index >= 15 is 0 Å². The lowest BCUT2D eigenvalue weighted by Gasteiger charge is -2.03. The molecule has 3 rings (SSSR count). The highest BCUT2D eigenvalue weighted by atomic mass is 16.1. The van der Waals surface area contributed by atoms with Crippen LogP contribution in [0.2, 0.25) is 0 Å². The van der Waals surface area contributed by atoms with Crippen molar-refractivity contribution in [2.75, 3.05) is 5.32 Å². The number of carbonyl (C=O) groups is 1. The van der Waals surface area contributed by atoms with Crippen LogP contribution in [0.4, 0.5) is 17.1 Å². The molecule has 0 aliphatic heterocycles. The third-order valence-corrected chi connectivity index (χ3v) is 3.11. The van der Waals surface area contributed by atoms with Crippen molar-refractivity contribution in [3.63, 3.8) is 0 Å². The quantitative estimate of drug-likeness (QED) is 0.737. The second-order valence-electron chi connectivity index (χ2n) is 4.91. The zero-order chi connectivity index (χ0) is 16.1.